The summed E-state index contributed by atoms with van der Waals surface area (Å²) in [5, 5.41) is 1.26. The van der Waals surface area contributed by atoms with Crippen molar-refractivity contribution in [3.8, 4) is 5.75 Å². The van der Waals surface area contributed by atoms with Crippen LogP contribution in [0.15, 0.2) is 65.5 Å². The molecule has 0 radical (unpaired) electrons. The number of methoxy groups -OCH3 is 1. The van der Waals surface area contributed by atoms with Gasteiger partial charge >= 0.3 is 0 Å². The Hall–Kier alpha value is -3.05. The van der Waals surface area contributed by atoms with Crippen LogP contribution in [0.3, 0.4) is 0 Å². The van der Waals surface area contributed by atoms with E-state index in [0.29, 0.717) is 0 Å². The molecule has 1 N–H and O–H groups in total. The van der Waals surface area contributed by atoms with E-state index < -0.39 is 0 Å². The molecule has 2 aromatic heterocycles. The molecular formula is C23H21FN2O2. The van der Waals surface area contributed by atoms with Crippen LogP contribution in [0.2, 0.25) is 0 Å². The maximum absolute atomic E-state index is 14.0. The fourth-order valence-corrected chi connectivity index (χ4v) is 4.30. The average Bonchev–Trinajstić information content (AvgIpc) is 3.36. The standard InChI is InChI=1S/C23H21FN2O2/c1-27-21-12-16(6-7-19(21)24)23-22-18(17-4-2-3-5-20(17)25-22)8-10-26(23)13-15-9-11-28-14-15/h2-7,9,11-12,14,23,25H,8,10,13H2,1H3/t23-/m1/s1. The Bertz CT molecular complexity index is 1120. The number of nitrogens with one attached hydrogen (secondary N) is 1. The van der Waals surface area contributed by atoms with Gasteiger partial charge in [0.25, 0.3) is 0 Å². The molecule has 28 heavy (non-hydrogen) atoms. The van der Waals surface area contributed by atoms with Crippen molar-refractivity contribution in [2.24, 2.45) is 0 Å². The molecule has 142 valence electrons. The van der Waals surface area contributed by atoms with Gasteiger partial charge in [-0.25, -0.2) is 4.39 Å². The number of hydrogen-bond acceptors (Lipinski definition) is 3. The lowest BCUT2D eigenvalue weighted by Crippen LogP contribution is -2.35. The number of nitrogens with zero attached hydrogens (tertiary/aromatic N) is 1. The molecule has 5 heteroatoms. The Labute approximate surface area is 162 Å². The van der Waals surface area contributed by atoms with Crippen LogP contribution < -0.4 is 4.74 Å². The second-order valence-electron chi connectivity index (χ2n) is 7.21. The third-order valence-corrected chi connectivity index (χ3v) is 5.59. The Kier molecular flexibility index (Phi) is 4.17. The summed E-state index contributed by atoms with van der Waals surface area (Å²) in [5.74, 6) is -0.0793. The first-order chi connectivity index (χ1) is 13.7. The first-order valence-corrected chi connectivity index (χ1v) is 9.42. The van der Waals surface area contributed by atoms with Crippen molar-refractivity contribution in [2.75, 3.05) is 13.7 Å². The zero-order chi connectivity index (χ0) is 19.1. The lowest BCUT2D eigenvalue weighted by Gasteiger charge is -2.36. The normalized spacial score (nSPS) is 17.0. The first kappa shape index (κ1) is 17.1. The van der Waals surface area contributed by atoms with Gasteiger partial charge in [-0.1, -0.05) is 24.3 Å². The van der Waals surface area contributed by atoms with Gasteiger partial charge in [0.05, 0.1) is 25.7 Å². The van der Waals surface area contributed by atoms with Crippen molar-refractivity contribution in [2.45, 2.75) is 19.0 Å². The summed E-state index contributed by atoms with van der Waals surface area (Å²) in [7, 11) is 1.50. The first-order valence-electron chi connectivity index (χ1n) is 9.42. The van der Waals surface area contributed by atoms with Gasteiger partial charge in [0, 0.05) is 35.2 Å². The third kappa shape index (κ3) is 2.79. The Balaban J connectivity index is 1.65. The van der Waals surface area contributed by atoms with E-state index in [1.165, 1.54) is 29.8 Å². The summed E-state index contributed by atoms with van der Waals surface area (Å²) in [6, 6.07) is 15.5. The molecule has 4 aromatic rings. The molecule has 0 amide bonds. The summed E-state index contributed by atoms with van der Waals surface area (Å²) in [6.45, 7) is 1.67. The molecule has 5 rings (SSSR count). The maximum Gasteiger partial charge on any atom is 0.165 e. The summed E-state index contributed by atoms with van der Waals surface area (Å²) in [6.07, 6.45) is 4.44. The molecule has 0 saturated heterocycles. The van der Waals surface area contributed by atoms with Gasteiger partial charge in [0.2, 0.25) is 0 Å². The van der Waals surface area contributed by atoms with Crippen LogP contribution in [0.25, 0.3) is 10.9 Å². The third-order valence-electron chi connectivity index (χ3n) is 5.59. The zero-order valence-corrected chi connectivity index (χ0v) is 15.6. The van der Waals surface area contributed by atoms with Gasteiger partial charge in [0.1, 0.15) is 0 Å². The van der Waals surface area contributed by atoms with Gasteiger partial charge in [-0.2, -0.15) is 0 Å². The monoisotopic (exact) mass is 376 g/mol. The number of aromatic nitrogens is 1. The van der Waals surface area contributed by atoms with Crippen molar-refractivity contribution >= 4 is 10.9 Å². The minimum atomic E-state index is -0.347. The molecule has 0 unspecified atom stereocenters. The molecule has 0 saturated carbocycles. The van der Waals surface area contributed by atoms with Crippen LogP contribution in [-0.4, -0.2) is 23.5 Å². The fourth-order valence-electron chi connectivity index (χ4n) is 4.30. The van der Waals surface area contributed by atoms with Crippen molar-refractivity contribution < 1.29 is 13.5 Å². The topological polar surface area (TPSA) is 41.4 Å². The van der Waals surface area contributed by atoms with E-state index in [0.717, 1.165) is 36.2 Å². The highest BCUT2D eigenvalue weighted by atomic mass is 19.1. The van der Waals surface area contributed by atoms with Gasteiger partial charge in [-0.05, 0) is 41.8 Å². The number of furan rings is 1. The van der Waals surface area contributed by atoms with Crippen LogP contribution >= 0.6 is 0 Å². The molecule has 1 aliphatic heterocycles. The number of H-pyrrole nitrogens is 1. The summed E-state index contributed by atoms with van der Waals surface area (Å²) in [5.41, 5.74) is 5.78. The second kappa shape index (κ2) is 6.84. The van der Waals surface area contributed by atoms with Gasteiger partial charge in [-0.15, -0.1) is 0 Å². The lowest BCUT2D eigenvalue weighted by atomic mass is 9.92. The summed E-state index contributed by atoms with van der Waals surface area (Å²) in [4.78, 5) is 6.02. The van der Waals surface area contributed by atoms with E-state index >= 15 is 0 Å². The number of ether oxygens (including phenoxy) is 1. The zero-order valence-electron chi connectivity index (χ0n) is 15.6. The van der Waals surface area contributed by atoms with Crippen LogP contribution in [0.4, 0.5) is 4.39 Å². The van der Waals surface area contributed by atoms with Crippen LogP contribution in [0, 0.1) is 5.82 Å². The number of aromatic amines is 1. The molecule has 0 fully saturated rings. The molecule has 4 nitrogen and oxygen atoms in total. The largest absolute Gasteiger partial charge is 0.494 e. The quantitative estimate of drug-likeness (QED) is 0.541. The highest BCUT2D eigenvalue weighted by Crippen LogP contribution is 2.40. The SMILES string of the molecule is COc1cc([C@@H]2c3[nH]c4ccccc4c3CCN2Cc2ccoc2)ccc1F. The van der Waals surface area contributed by atoms with Gasteiger partial charge in [-0.3, -0.25) is 4.90 Å². The van der Waals surface area contributed by atoms with Crippen molar-refractivity contribution in [3.05, 3.63) is 89.3 Å². The lowest BCUT2D eigenvalue weighted by molar-refractivity contribution is 0.201. The van der Waals surface area contributed by atoms with E-state index in [1.54, 1.807) is 12.5 Å². The minimum absolute atomic E-state index is 0.0134. The van der Waals surface area contributed by atoms with E-state index in [4.69, 9.17) is 9.15 Å². The van der Waals surface area contributed by atoms with Crippen molar-refractivity contribution in [3.63, 3.8) is 0 Å². The Morgan fingerprint density at radius 2 is 2.11 bits per heavy atom. The van der Waals surface area contributed by atoms with Crippen LogP contribution in [-0.2, 0) is 13.0 Å². The summed E-state index contributed by atoms with van der Waals surface area (Å²) < 4.78 is 24.6. The number of halogens is 1. The highest BCUT2D eigenvalue weighted by Gasteiger charge is 2.32. The Morgan fingerprint density at radius 1 is 1.21 bits per heavy atom. The van der Waals surface area contributed by atoms with E-state index in [2.05, 4.69) is 28.1 Å². The molecule has 1 aliphatic rings. The summed E-state index contributed by atoms with van der Waals surface area (Å²) >= 11 is 0. The Morgan fingerprint density at radius 3 is 2.93 bits per heavy atom. The minimum Gasteiger partial charge on any atom is -0.494 e. The fraction of sp³-hybridized carbons (Fsp3) is 0.217. The highest BCUT2D eigenvalue weighted by molar-refractivity contribution is 5.85. The van der Waals surface area contributed by atoms with Crippen LogP contribution in [0.1, 0.15) is 28.4 Å². The van der Waals surface area contributed by atoms with E-state index in [-0.39, 0.29) is 17.6 Å². The molecular weight excluding hydrogens is 355 g/mol. The predicted molar refractivity (Wildman–Crippen MR) is 106 cm³/mol. The number of hydrogen-bond donors (Lipinski definition) is 1. The maximum atomic E-state index is 14.0. The average molecular weight is 376 g/mol. The van der Waals surface area contributed by atoms with Gasteiger partial charge in [0.15, 0.2) is 11.6 Å². The second-order valence-corrected chi connectivity index (χ2v) is 7.21. The number of para-hydroxylation sites is 1. The number of benzene rings is 2. The van der Waals surface area contributed by atoms with Crippen LogP contribution in [0.5, 0.6) is 5.75 Å². The smallest absolute Gasteiger partial charge is 0.165 e. The molecule has 0 spiro atoms. The van der Waals surface area contributed by atoms with E-state index in [9.17, 15) is 4.39 Å². The van der Waals surface area contributed by atoms with E-state index in [1.807, 2.05) is 24.3 Å². The molecule has 0 bridgehead atoms. The molecule has 3 heterocycles. The van der Waals surface area contributed by atoms with Crippen molar-refractivity contribution in [1.29, 1.82) is 0 Å². The molecule has 1 atom stereocenters. The molecule has 0 aliphatic carbocycles. The number of fused-ring (bicyclic) bond motifs is 3. The predicted octanol–water partition coefficient (Wildman–Crippen LogP) is 5.06. The van der Waals surface area contributed by atoms with Crippen molar-refractivity contribution in [1.82, 2.24) is 9.88 Å². The van der Waals surface area contributed by atoms with Gasteiger partial charge < -0.3 is 14.1 Å². The number of rotatable bonds is 4. The molecule has 2 aromatic carbocycles.